The van der Waals surface area contributed by atoms with Crippen molar-refractivity contribution in [1.29, 1.82) is 0 Å². The van der Waals surface area contributed by atoms with Crippen LogP contribution in [0.2, 0.25) is 0 Å². The molecule has 4 rings (SSSR count). The van der Waals surface area contributed by atoms with Crippen LogP contribution in [0.25, 0.3) is 10.8 Å². The Bertz CT molecular complexity index is 1020. The smallest absolute Gasteiger partial charge is 0.243 e. The number of para-hydroxylation sites is 2. The van der Waals surface area contributed by atoms with Crippen molar-refractivity contribution in [2.24, 2.45) is 0 Å². The standard InChI is InChI=1S/C24H25N3O2/c28-23(16-19-10-7-9-18-8-1-2-11-20(18)19)25-17-24(29)26-21-12-3-4-13-22(21)27-14-5-6-15-27/h1-4,7-13H,5-6,14-17H2,(H,25,28)(H,26,29). The number of amides is 2. The van der Waals surface area contributed by atoms with Crippen molar-refractivity contribution in [2.45, 2.75) is 19.3 Å². The Morgan fingerprint density at radius 1 is 0.828 bits per heavy atom. The van der Waals surface area contributed by atoms with Crippen LogP contribution in [0, 0.1) is 0 Å². The van der Waals surface area contributed by atoms with Gasteiger partial charge in [-0.25, -0.2) is 0 Å². The maximum atomic E-state index is 12.4. The lowest BCUT2D eigenvalue weighted by Gasteiger charge is -2.21. The Morgan fingerprint density at radius 3 is 2.41 bits per heavy atom. The molecule has 2 amide bonds. The van der Waals surface area contributed by atoms with Crippen molar-refractivity contribution in [2.75, 3.05) is 29.9 Å². The van der Waals surface area contributed by atoms with Crippen LogP contribution >= 0.6 is 0 Å². The zero-order valence-corrected chi connectivity index (χ0v) is 16.4. The SMILES string of the molecule is O=C(Cc1cccc2ccccc12)NCC(=O)Nc1ccccc1N1CCCC1. The lowest BCUT2D eigenvalue weighted by atomic mass is 10.0. The first-order valence-electron chi connectivity index (χ1n) is 10.1. The summed E-state index contributed by atoms with van der Waals surface area (Å²) in [5.74, 6) is -0.382. The molecule has 1 saturated heterocycles. The highest BCUT2D eigenvalue weighted by molar-refractivity contribution is 5.98. The van der Waals surface area contributed by atoms with E-state index in [0.717, 1.165) is 40.8 Å². The maximum absolute atomic E-state index is 12.4. The van der Waals surface area contributed by atoms with Gasteiger partial charge in [0.1, 0.15) is 0 Å². The van der Waals surface area contributed by atoms with Crippen molar-refractivity contribution in [3.05, 3.63) is 72.3 Å². The molecular formula is C24H25N3O2. The number of rotatable bonds is 6. The number of carbonyl (C=O) groups excluding carboxylic acids is 2. The highest BCUT2D eigenvalue weighted by Gasteiger charge is 2.16. The van der Waals surface area contributed by atoms with Crippen LogP contribution in [-0.4, -0.2) is 31.4 Å². The Morgan fingerprint density at radius 2 is 1.55 bits per heavy atom. The van der Waals surface area contributed by atoms with Crippen LogP contribution in [0.15, 0.2) is 66.7 Å². The molecule has 29 heavy (non-hydrogen) atoms. The van der Waals surface area contributed by atoms with Gasteiger partial charge in [-0.1, -0.05) is 54.6 Å². The van der Waals surface area contributed by atoms with Gasteiger partial charge < -0.3 is 15.5 Å². The van der Waals surface area contributed by atoms with Gasteiger partial charge in [-0.3, -0.25) is 9.59 Å². The van der Waals surface area contributed by atoms with Gasteiger partial charge >= 0.3 is 0 Å². The molecule has 0 spiro atoms. The van der Waals surface area contributed by atoms with Gasteiger partial charge in [0, 0.05) is 13.1 Å². The number of anilines is 2. The Hall–Kier alpha value is -3.34. The Labute approximate surface area is 170 Å². The monoisotopic (exact) mass is 387 g/mol. The van der Waals surface area contributed by atoms with Crippen LogP contribution in [0.3, 0.4) is 0 Å². The van der Waals surface area contributed by atoms with Gasteiger partial charge in [-0.05, 0) is 41.3 Å². The zero-order chi connectivity index (χ0) is 20.1. The fourth-order valence-corrected chi connectivity index (χ4v) is 3.87. The van der Waals surface area contributed by atoms with Crippen molar-refractivity contribution >= 4 is 34.0 Å². The van der Waals surface area contributed by atoms with Crippen LogP contribution in [0.4, 0.5) is 11.4 Å². The summed E-state index contributed by atoms with van der Waals surface area (Å²) in [5.41, 5.74) is 2.79. The molecule has 2 N–H and O–H groups in total. The van der Waals surface area contributed by atoms with Crippen LogP contribution in [0.1, 0.15) is 18.4 Å². The summed E-state index contributed by atoms with van der Waals surface area (Å²) >= 11 is 0. The first kappa shape index (κ1) is 19.0. The zero-order valence-electron chi connectivity index (χ0n) is 16.4. The molecule has 0 saturated carbocycles. The van der Waals surface area contributed by atoms with E-state index in [4.69, 9.17) is 0 Å². The molecule has 0 atom stereocenters. The normalized spacial score (nSPS) is 13.4. The predicted molar refractivity (Wildman–Crippen MR) is 117 cm³/mol. The Balaban J connectivity index is 1.35. The van der Waals surface area contributed by atoms with E-state index in [2.05, 4.69) is 15.5 Å². The van der Waals surface area contributed by atoms with E-state index in [1.165, 1.54) is 12.8 Å². The molecular weight excluding hydrogens is 362 g/mol. The number of nitrogens with zero attached hydrogens (tertiary/aromatic N) is 1. The topological polar surface area (TPSA) is 61.4 Å². The lowest BCUT2D eigenvalue weighted by Crippen LogP contribution is -2.34. The molecule has 1 heterocycles. The molecule has 0 aliphatic carbocycles. The summed E-state index contributed by atoms with van der Waals surface area (Å²) in [6.07, 6.45) is 2.60. The fraction of sp³-hybridized carbons (Fsp3) is 0.250. The second kappa shape index (κ2) is 8.78. The first-order valence-corrected chi connectivity index (χ1v) is 10.1. The van der Waals surface area contributed by atoms with Gasteiger partial charge in [0.15, 0.2) is 0 Å². The number of hydrogen-bond donors (Lipinski definition) is 2. The average molecular weight is 387 g/mol. The summed E-state index contributed by atoms with van der Waals surface area (Å²) in [6.45, 7) is 1.97. The Kier molecular flexibility index (Phi) is 5.75. The lowest BCUT2D eigenvalue weighted by molar-refractivity contribution is -0.123. The van der Waals surface area contributed by atoms with E-state index in [-0.39, 0.29) is 24.8 Å². The van der Waals surface area contributed by atoms with E-state index in [9.17, 15) is 9.59 Å². The van der Waals surface area contributed by atoms with Gasteiger partial charge in [-0.15, -0.1) is 0 Å². The van der Waals surface area contributed by atoms with Crippen LogP contribution < -0.4 is 15.5 Å². The molecule has 0 bridgehead atoms. The molecule has 5 heteroatoms. The molecule has 1 fully saturated rings. The van der Waals surface area contributed by atoms with E-state index < -0.39 is 0 Å². The highest BCUT2D eigenvalue weighted by atomic mass is 16.2. The molecule has 3 aromatic carbocycles. The summed E-state index contributed by atoms with van der Waals surface area (Å²) in [7, 11) is 0. The molecule has 0 aromatic heterocycles. The van der Waals surface area contributed by atoms with E-state index >= 15 is 0 Å². The minimum atomic E-state index is -0.220. The minimum Gasteiger partial charge on any atom is -0.370 e. The van der Waals surface area contributed by atoms with Crippen molar-refractivity contribution in [3.8, 4) is 0 Å². The van der Waals surface area contributed by atoms with Gasteiger partial charge in [0.25, 0.3) is 0 Å². The van der Waals surface area contributed by atoms with E-state index in [1.807, 2.05) is 66.7 Å². The number of fused-ring (bicyclic) bond motifs is 1. The van der Waals surface area contributed by atoms with Gasteiger partial charge in [0.05, 0.1) is 24.3 Å². The minimum absolute atomic E-state index is 0.0437. The summed E-state index contributed by atoms with van der Waals surface area (Å²) in [5, 5.41) is 7.85. The molecule has 1 aliphatic rings. The third-order valence-electron chi connectivity index (χ3n) is 5.30. The van der Waals surface area contributed by atoms with Gasteiger partial charge in [-0.2, -0.15) is 0 Å². The quantitative estimate of drug-likeness (QED) is 0.677. The maximum Gasteiger partial charge on any atom is 0.243 e. The fourth-order valence-electron chi connectivity index (χ4n) is 3.87. The summed E-state index contributed by atoms with van der Waals surface area (Å²) in [4.78, 5) is 27.1. The number of hydrogen-bond acceptors (Lipinski definition) is 3. The average Bonchev–Trinajstić information content (AvgIpc) is 3.28. The number of benzene rings is 3. The van der Waals surface area contributed by atoms with Crippen molar-refractivity contribution < 1.29 is 9.59 Å². The summed E-state index contributed by atoms with van der Waals surface area (Å²) in [6, 6.07) is 21.8. The number of nitrogens with one attached hydrogen (secondary N) is 2. The van der Waals surface area contributed by atoms with E-state index in [0.29, 0.717) is 0 Å². The number of carbonyl (C=O) groups is 2. The molecule has 0 radical (unpaired) electrons. The first-order chi connectivity index (χ1) is 14.2. The third-order valence-corrected chi connectivity index (χ3v) is 5.30. The second-order valence-corrected chi connectivity index (χ2v) is 7.35. The molecule has 0 unspecified atom stereocenters. The summed E-state index contributed by atoms with van der Waals surface area (Å²) < 4.78 is 0. The van der Waals surface area contributed by atoms with Gasteiger partial charge in [0.2, 0.25) is 11.8 Å². The second-order valence-electron chi connectivity index (χ2n) is 7.35. The molecule has 5 nitrogen and oxygen atoms in total. The van der Waals surface area contributed by atoms with Crippen molar-refractivity contribution in [3.63, 3.8) is 0 Å². The van der Waals surface area contributed by atoms with E-state index in [1.54, 1.807) is 0 Å². The predicted octanol–water partition coefficient (Wildman–Crippen LogP) is 3.74. The van der Waals surface area contributed by atoms with Crippen molar-refractivity contribution in [1.82, 2.24) is 5.32 Å². The highest BCUT2D eigenvalue weighted by Crippen LogP contribution is 2.28. The molecule has 1 aliphatic heterocycles. The van der Waals surface area contributed by atoms with Crippen LogP contribution in [0.5, 0.6) is 0 Å². The molecule has 3 aromatic rings. The third kappa shape index (κ3) is 4.57. The van der Waals surface area contributed by atoms with Crippen LogP contribution in [-0.2, 0) is 16.0 Å². The largest absolute Gasteiger partial charge is 0.370 e. The molecule has 148 valence electrons.